The molecule has 0 spiro atoms. The summed E-state index contributed by atoms with van der Waals surface area (Å²) in [6, 6.07) is 3.65. The third kappa shape index (κ3) is 4.58. The number of carbonyl (C=O) groups excluding carboxylic acids is 5. The van der Waals surface area contributed by atoms with Crippen LogP contribution in [0.15, 0.2) is 18.2 Å². The molecule has 1 N–H and O–H groups in total. The van der Waals surface area contributed by atoms with Gasteiger partial charge in [-0.3, -0.25) is 29.4 Å². The molecule has 1 aromatic carbocycles. The van der Waals surface area contributed by atoms with E-state index < -0.39 is 41.4 Å². The van der Waals surface area contributed by atoms with E-state index in [1.807, 2.05) is 0 Å². The van der Waals surface area contributed by atoms with Crippen LogP contribution in [0.25, 0.3) is 0 Å². The lowest BCUT2D eigenvalue weighted by Gasteiger charge is -2.27. The fraction of sp³-hybridized carbons (Fsp3) is 0.409. The average molecular weight is 425 g/mol. The number of nitrogens with zero attached hydrogens (tertiary/aromatic N) is 2. The van der Waals surface area contributed by atoms with Gasteiger partial charge < -0.3 is 9.64 Å². The number of benzene rings is 1. The first-order valence-corrected chi connectivity index (χ1v) is 9.77. The highest BCUT2D eigenvalue weighted by atomic mass is 16.6. The van der Waals surface area contributed by atoms with E-state index in [4.69, 9.17) is 4.74 Å². The Morgan fingerprint density at radius 3 is 2.58 bits per heavy atom. The lowest BCUT2D eigenvalue weighted by molar-refractivity contribution is -0.136. The van der Waals surface area contributed by atoms with Gasteiger partial charge in [-0.15, -0.1) is 0 Å². The standard InChI is InChI=1S/C22H23N3O6/c1-22(2,3)31-21(30)24(4)12-6-8-13-7-5-9-14-17(13)20(29)25(19(14)28)15-10-11-16(26)23-18(15)27/h5,7,9,15H,10-12H2,1-4H3,(H,23,26,27). The molecule has 0 saturated carbocycles. The van der Waals surface area contributed by atoms with Gasteiger partial charge >= 0.3 is 6.09 Å². The van der Waals surface area contributed by atoms with Gasteiger partial charge in [0.25, 0.3) is 11.8 Å². The van der Waals surface area contributed by atoms with Crippen LogP contribution >= 0.6 is 0 Å². The number of piperidine rings is 1. The first kappa shape index (κ1) is 22.0. The number of hydrogen-bond donors (Lipinski definition) is 1. The van der Waals surface area contributed by atoms with Gasteiger partial charge in [0.1, 0.15) is 11.6 Å². The number of rotatable bonds is 2. The Kier molecular flexibility index (Phi) is 5.84. The van der Waals surface area contributed by atoms with Crippen molar-refractivity contribution in [2.45, 2.75) is 45.3 Å². The van der Waals surface area contributed by atoms with Crippen LogP contribution in [0, 0.1) is 11.8 Å². The molecular formula is C22H23N3O6. The van der Waals surface area contributed by atoms with Crippen molar-refractivity contribution in [2.75, 3.05) is 13.6 Å². The van der Waals surface area contributed by atoms with Crippen LogP contribution in [0.3, 0.4) is 0 Å². The molecule has 0 radical (unpaired) electrons. The predicted octanol–water partition coefficient (Wildman–Crippen LogP) is 1.31. The molecule has 3 rings (SSSR count). The highest BCUT2D eigenvalue weighted by Gasteiger charge is 2.45. The molecule has 1 fully saturated rings. The summed E-state index contributed by atoms with van der Waals surface area (Å²) in [5.74, 6) is 3.32. The Morgan fingerprint density at radius 2 is 1.94 bits per heavy atom. The molecule has 9 heteroatoms. The molecule has 2 aliphatic heterocycles. The third-order valence-electron chi connectivity index (χ3n) is 4.71. The summed E-state index contributed by atoms with van der Waals surface area (Å²) < 4.78 is 5.26. The SMILES string of the molecule is CN(CC#Cc1cccc2c1C(=O)N(C1CCC(=O)NC1=O)C2=O)C(=O)OC(C)(C)C. The minimum atomic E-state index is -1.04. The summed E-state index contributed by atoms with van der Waals surface area (Å²) in [7, 11) is 1.54. The van der Waals surface area contributed by atoms with Crippen LogP contribution < -0.4 is 5.32 Å². The molecule has 1 unspecified atom stereocenters. The molecule has 0 aliphatic carbocycles. The smallest absolute Gasteiger partial charge is 0.410 e. The highest BCUT2D eigenvalue weighted by Crippen LogP contribution is 2.29. The van der Waals surface area contributed by atoms with Crippen LogP contribution in [-0.2, 0) is 14.3 Å². The number of hydrogen-bond acceptors (Lipinski definition) is 6. The molecule has 1 saturated heterocycles. The largest absolute Gasteiger partial charge is 0.444 e. The molecule has 1 atom stereocenters. The third-order valence-corrected chi connectivity index (χ3v) is 4.71. The van der Waals surface area contributed by atoms with Crippen LogP contribution in [0.5, 0.6) is 0 Å². The monoisotopic (exact) mass is 425 g/mol. The lowest BCUT2D eigenvalue weighted by atomic mass is 10.0. The molecule has 2 heterocycles. The normalized spacial score (nSPS) is 18.2. The Morgan fingerprint density at radius 1 is 1.23 bits per heavy atom. The van der Waals surface area contributed by atoms with Gasteiger partial charge in [-0.1, -0.05) is 17.9 Å². The van der Waals surface area contributed by atoms with Crippen molar-refractivity contribution >= 4 is 29.7 Å². The first-order valence-electron chi connectivity index (χ1n) is 9.77. The van der Waals surface area contributed by atoms with E-state index in [0.717, 1.165) is 4.90 Å². The maximum Gasteiger partial charge on any atom is 0.410 e. The summed E-state index contributed by atoms with van der Waals surface area (Å²) in [6.45, 7) is 5.33. The average Bonchev–Trinajstić information content (AvgIpc) is 2.92. The van der Waals surface area contributed by atoms with E-state index >= 15 is 0 Å². The minimum absolute atomic E-state index is 0.0491. The second-order valence-corrected chi connectivity index (χ2v) is 8.31. The molecule has 162 valence electrons. The molecule has 1 aromatic rings. The van der Waals surface area contributed by atoms with Gasteiger partial charge in [0.15, 0.2) is 0 Å². The molecule has 5 amide bonds. The van der Waals surface area contributed by atoms with Gasteiger partial charge in [0, 0.05) is 19.0 Å². The zero-order valence-corrected chi connectivity index (χ0v) is 17.8. The number of carbonyl (C=O) groups is 5. The van der Waals surface area contributed by atoms with Crippen LogP contribution in [0.1, 0.15) is 59.9 Å². The minimum Gasteiger partial charge on any atom is -0.444 e. The van der Waals surface area contributed by atoms with E-state index in [-0.39, 0.29) is 30.5 Å². The van der Waals surface area contributed by atoms with Gasteiger partial charge in [-0.05, 0) is 39.3 Å². The fourth-order valence-electron chi connectivity index (χ4n) is 3.28. The summed E-state index contributed by atoms with van der Waals surface area (Å²) >= 11 is 0. The van der Waals surface area contributed by atoms with E-state index in [1.54, 1.807) is 32.9 Å². The van der Waals surface area contributed by atoms with Crippen molar-refractivity contribution in [3.05, 3.63) is 34.9 Å². The Bertz CT molecular complexity index is 1040. The van der Waals surface area contributed by atoms with Crippen molar-refractivity contribution < 1.29 is 28.7 Å². The number of imide groups is 2. The van der Waals surface area contributed by atoms with Crippen LogP contribution in [-0.4, -0.2) is 64.8 Å². The highest BCUT2D eigenvalue weighted by molar-refractivity contribution is 6.24. The van der Waals surface area contributed by atoms with Crippen LogP contribution in [0.2, 0.25) is 0 Å². The Hall–Kier alpha value is -3.67. The van der Waals surface area contributed by atoms with Gasteiger partial charge in [-0.25, -0.2) is 4.79 Å². The van der Waals surface area contributed by atoms with E-state index in [1.165, 1.54) is 18.0 Å². The van der Waals surface area contributed by atoms with Crippen molar-refractivity contribution in [1.82, 2.24) is 15.1 Å². The van der Waals surface area contributed by atoms with E-state index in [9.17, 15) is 24.0 Å². The zero-order valence-electron chi connectivity index (χ0n) is 17.8. The van der Waals surface area contributed by atoms with Crippen molar-refractivity contribution in [1.29, 1.82) is 0 Å². The number of ether oxygens (including phenoxy) is 1. The van der Waals surface area contributed by atoms with Gasteiger partial charge in [0.05, 0.1) is 17.7 Å². The summed E-state index contributed by atoms with van der Waals surface area (Å²) in [6.07, 6.45) is -0.402. The summed E-state index contributed by atoms with van der Waals surface area (Å²) in [5, 5.41) is 2.16. The zero-order chi connectivity index (χ0) is 22.9. The summed E-state index contributed by atoms with van der Waals surface area (Å²) in [5.41, 5.74) is -0.0412. The molecule has 0 bridgehead atoms. The predicted molar refractivity (Wildman–Crippen MR) is 109 cm³/mol. The fourth-order valence-corrected chi connectivity index (χ4v) is 3.28. The maximum atomic E-state index is 13.0. The second kappa shape index (κ2) is 8.22. The molecule has 0 aromatic heterocycles. The summed E-state index contributed by atoms with van der Waals surface area (Å²) in [4.78, 5) is 63.6. The maximum absolute atomic E-state index is 13.0. The topological polar surface area (TPSA) is 113 Å². The van der Waals surface area contributed by atoms with Crippen molar-refractivity contribution in [2.24, 2.45) is 0 Å². The van der Waals surface area contributed by atoms with Gasteiger partial charge in [-0.2, -0.15) is 0 Å². The quantitative estimate of drug-likeness (QED) is 0.565. The van der Waals surface area contributed by atoms with E-state index in [0.29, 0.717) is 5.56 Å². The van der Waals surface area contributed by atoms with Gasteiger partial charge in [0.2, 0.25) is 11.8 Å². The first-order chi connectivity index (χ1) is 14.5. The van der Waals surface area contributed by atoms with Crippen molar-refractivity contribution in [3.8, 4) is 11.8 Å². The lowest BCUT2D eigenvalue weighted by Crippen LogP contribution is -2.54. The molecule has 31 heavy (non-hydrogen) atoms. The second-order valence-electron chi connectivity index (χ2n) is 8.31. The Balaban J connectivity index is 1.80. The molecular weight excluding hydrogens is 402 g/mol. The molecule has 9 nitrogen and oxygen atoms in total. The number of amides is 5. The Labute approximate surface area is 179 Å². The molecule has 2 aliphatic rings. The van der Waals surface area contributed by atoms with E-state index in [2.05, 4.69) is 17.2 Å². The van der Waals surface area contributed by atoms with Crippen molar-refractivity contribution in [3.63, 3.8) is 0 Å². The number of fused-ring (bicyclic) bond motifs is 1. The number of nitrogens with one attached hydrogen (secondary N) is 1. The van der Waals surface area contributed by atoms with Crippen LogP contribution in [0.4, 0.5) is 4.79 Å².